The van der Waals surface area contributed by atoms with E-state index in [0.717, 1.165) is 26.0 Å². The van der Waals surface area contributed by atoms with Crippen LogP contribution in [0.2, 0.25) is 0 Å². The lowest BCUT2D eigenvalue weighted by atomic mass is 10.1. The Morgan fingerprint density at radius 3 is 2.88 bits per heavy atom. The first-order valence-corrected chi connectivity index (χ1v) is 6.76. The zero-order valence-corrected chi connectivity index (χ0v) is 13.0. The number of halogens is 2. The second-order valence-electron chi connectivity index (χ2n) is 3.27. The molecule has 0 aromatic carbocycles. The number of rotatable bonds is 5. The molecule has 1 heterocycles. The van der Waals surface area contributed by atoms with Crippen molar-refractivity contribution < 1.29 is 0 Å². The highest BCUT2D eigenvalue weighted by Gasteiger charge is 2.09. The van der Waals surface area contributed by atoms with Gasteiger partial charge in [-0.3, -0.25) is 4.68 Å². The Morgan fingerprint density at radius 1 is 1.75 bits per heavy atom. The Morgan fingerprint density at radius 2 is 2.44 bits per heavy atom. The molecule has 0 aliphatic heterocycles. The van der Waals surface area contributed by atoms with Gasteiger partial charge >= 0.3 is 0 Å². The molecule has 0 saturated heterocycles. The first-order valence-electron chi connectivity index (χ1n) is 4.89. The van der Waals surface area contributed by atoms with Crippen molar-refractivity contribution in [3.63, 3.8) is 0 Å². The molecule has 0 unspecified atom stereocenters. The van der Waals surface area contributed by atoms with Gasteiger partial charge in [0.25, 0.3) is 0 Å². The van der Waals surface area contributed by atoms with Gasteiger partial charge in [-0.25, -0.2) is 0 Å². The SMILES string of the molecule is CCN/C(Br)=C(\C=N)Cc1cnn(C)c1I. The number of aryl methyl sites for hydroxylation is 1. The van der Waals surface area contributed by atoms with Crippen LogP contribution < -0.4 is 5.32 Å². The van der Waals surface area contributed by atoms with E-state index in [9.17, 15) is 0 Å². The Balaban J connectivity index is 2.90. The highest BCUT2D eigenvalue weighted by Crippen LogP contribution is 2.17. The number of allylic oxidation sites excluding steroid dienone is 1. The van der Waals surface area contributed by atoms with Crippen LogP contribution in [0.1, 0.15) is 12.5 Å². The summed E-state index contributed by atoms with van der Waals surface area (Å²) in [6.07, 6.45) is 3.93. The average molecular weight is 397 g/mol. The van der Waals surface area contributed by atoms with Crippen molar-refractivity contribution >= 4 is 44.7 Å². The third kappa shape index (κ3) is 3.31. The molecule has 4 nitrogen and oxygen atoms in total. The molecular formula is C10H14BrIN4. The molecule has 1 rings (SSSR count). The highest BCUT2D eigenvalue weighted by atomic mass is 127. The maximum Gasteiger partial charge on any atom is 0.102 e. The van der Waals surface area contributed by atoms with E-state index in [4.69, 9.17) is 5.41 Å². The van der Waals surface area contributed by atoms with Crippen LogP contribution in [0, 0.1) is 9.11 Å². The summed E-state index contributed by atoms with van der Waals surface area (Å²) in [4.78, 5) is 0. The molecule has 0 saturated carbocycles. The Bertz CT molecular complexity index is 411. The lowest BCUT2D eigenvalue weighted by Crippen LogP contribution is -2.11. The summed E-state index contributed by atoms with van der Waals surface area (Å²) in [6, 6.07) is 0. The summed E-state index contributed by atoms with van der Waals surface area (Å²) in [6.45, 7) is 2.86. The van der Waals surface area contributed by atoms with Crippen LogP contribution in [0.15, 0.2) is 16.4 Å². The first-order chi connectivity index (χ1) is 7.60. The van der Waals surface area contributed by atoms with E-state index in [1.165, 1.54) is 6.21 Å². The van der Waals surface area contributed by atoms with Gasteiger partial charge in [-0.15, -0.1) is 0 Å². The van der Waals surface area contributed by atoms with E-state index in [1.807, 2.05) is 24.9 Å². The summed E-state index contributed by atoms with van der Waals surface area (Å²) in [5.41, 5.74) is 2.06. The maximum absolute atomic E-state index is 7.41. The van der Waals surface area contributed by atoms with Gasteiger partial charge in [-0.1, -0.05) is 0 Å². The fourth-order valence-corrected chi connectivity index (χ4v) is 2.24. The largest absolute Gasteiger partial charge is 0.379 e. The van der Waals surface area contributed by atoms with Gasteiger partial charge in [0, 0.05) is 37.4 Å². The van der Waals surface area contributed by atoms with Gasteiger partial charge < -0.3 is 10.7 Å². The van der Waals surface area contributed by atoms with E-state index in [0.29, 0.717) is 6.42 Å². The lowest BCUT2D eigenvalue weighted by molar-refractivity contribution is 0.746. The van der Waals surface area contributed by atoms with Crippen molar-refractivity contribution in [1.29, 1.82) is 5.41 Å². The molecule has 0 atom stereocenters. The van der Waals surface area contributed by atoms with Crippen LogP contribution in [0.25, 0.3) is 0 Å². The number of nitrogens with one attached hydrogen (secondary N) is 2. The van der Waals surface area contributed by atoms with Crippen molar-refractivity contribution in [2.24, 2.45) is 7.05 Å². The van der Waals surface area contributed by atoms with E-state index in [2.05, 4.69) is 48.9 Å². The molecular weight excluding hydrogens is 383 g/mol. The zero-order chi connectivity index (χ0) is 12.1. The summed E-state index contributed by atoms with van der Waals surface area (Å²) in [5.74, 6) is 0. The predicted octanol–water partition coefficient (Wildman–Crippen LogP) is 2.43. The summed E-state index contributed by atoms with van der Waals surface area (Å²) in [5, 5.41) is 14.8. The van der Waals surface area contributed by atoms with Gasteiger partial charge in [0.1, 0.15) is 3.70 Å². The topological polar surface area (TPSA) is 53.7 Å². The smallest absolute Gasteiger partial charge is 0.102 e. The Hall–Kier alpha value is -0.370. The van der Waals surface area contributed by atoms with Crippen molar-refractivity contribution in [3.8, 4) is 0 Å². The summed E-state index contributed by atoms with van der Waals surface area (Å²) in [7, 11) is 1.92. The molecule has 88 valence electrons. The van der Waals surface area contributed by atoms with Crippen molar-refractivity contribution in [1.82, 2.24) is 15.1 Å². The number of aromatic nitrogens is 2. The zero-order valence-electron chi connectivity index (χ0n) is 9.22. The second kappa shape index (κ2) is 6.39. The van der Waals surface area contributed by atoms with E-state index in [1.54, 1.807) is 0 Å². The molecule has 16 heavy (non-hydrogen) atoms. The van der Waals surface area contributed by atoms with E-state index >= 15 is 0 Å². The predicted molar refractivity (Wildman–Crippen MR) is 78.0 cm³/mol. The Kier molecular flexibility index (Phi) is 5.47. The third-order valence-electron chi connectivity index (χ3n) is 2.10. The Labute approximate surface area is 117 Å². The van der Waals surface area contributed by atoms with Crippen LogP contribution in [-0.2, 0) is 13.5 Å². The second-order valence-corrected chi connectivity index (χ2v) is 5.09. The van der Waals surface area contributed by atoms with Crippen LogP contribution in [0.5, 0.6) is 0 Å². The van der Waals surface area contributed by atoms with Gasteiger partial charge in [0.2, 0.25) is 0 Å². The summed E-state index contributed by atoms with van der Waals surface area (Å²) >= 11 is 5.70. The molecule has 6 heteroatoms. The fourth-order valence-electron chi connectivity index (χ4n) is 1.25. The minimum Gasteiger partial charge on any atom is -0.379 e. The minimum absolute atomic E-state index is 0.712. The number of nitrogens with zero attached hydrogens (tertiary/aromatic N) is 2. The summed E-state index contributed by atoms with van der Waals surface area (Å²) < 4.78 is 3.82. The van der Waals surface area contributed by atoms with Gasteiger partial charge in [-0.2, -0.15) is 5.10 Å². The lowest BCUT2D eigenvalue weighted by Gasteiger charge is -2.06. The maximum atomic E-state index is 7.41. The molecule has 0 fully saturated rings. The van der Waals surface area contributed by atoms with E-state index in [-0.39, 0.29) is 0 Å². The number of hydrogen-bond acceptors (Lipinski definition) is 3. The van der Waals surface area contributed by atoms with Crippen LogP contribution in [0.4, 0.5) is 0 Å². The molecule has 0 radical (unpaired) electrons. The monoisotopic (exact) mass is 396 g/mol. The quantitative estimate of drug-likeness (QED) is 0.456. The normalized spacial score (nSPS) is 12.2. The molecule has 0 bridgehead atoms. The molecule has 1 aromatic rings. The molecule has 0 aliphatic carbocycles. The van der Waals surface area contributed by atoms with Crippen molar-refractivity contribution in [2.75, 3.05) is 6.54 Å². The standard InChI is InChI=1S/C10H14BrIN4/c1-3-14-9(11)7(5-13)4-8-6-15-16(2)10(8)12/h5-6,13-14H,3-4H2,1-2H3/b9-7-,13-5?. The molecule has 0 amide bonds. The molecule has 0 spiro atoms. The van der Waals surface area contributed by atoms with Gasteiger partial charge in [-0.05, 0) is 45.4 Å². The van der Waals surface area contributed by atoms with Crippen LogP contribution >= 0.6 is 38.5 Å². The van der Waals surface area contributed by atoms with Crippen molar-refractivity contribution in [2.45, 2.75) is 13.3 Å². The minimum atomic E-state index is 0.712. The average Bonchev–Trinajstić information content (AvgIpc) is 2.57. The van der Waals surface area contributed by atoms with Crippen molar-refractivity contribution in [3.05, 3.63) is 25.6 Å². The number of hydrogen-bond donors (Lipinski definition) is 2. The van der Waals surface area contributed by atoms with Gasteiger partial charge in [0.15, 0.2) is 0 Å². The molecule has 2 N–H and O–H groups in total. The first kappa shape index (κ1) is 13.7. The highest BCUT2D eigenvalue weighted by molar-refractivity contribution is 14.1. The molecule has 1 aromatic heterocycles. The molecule has 0 aliphatic rings. The van der Waals surface area contributed by atoms with Crippen LogP contribution in [0.3, 0.4) is 0 Å². The third-order valence-corrected chi connectivity index (χ3v) is 4.29. The van der Waals surface area contributed by atoms with Gasteiger partial charge in [0.05, 0.1) is 10.8 Å². The van der Waals surface area contributed by atoms with E-state index < -0.39 is 0 Å². The fraction of sp³-hybridized carbons (Fsp3) is 0.400. The van der Waals surface area contributed by atoms with Crippen LogP contribution in [-0.4, -0.2) is 22.5 Å².